The van der Waals surface area contributed by atoms with Crippen LogP contribution in [0, 0.1) is 5.92 Å². The molecule has 3 saturated heterocycles. The number of hydrogen-bond acceptors (Lipinski definition) is 4. The molecule has 5 nitrogen and oxygen atoms in total. The van der Waals surface area contributed by atoms with Gasteiger partial charge in [-0.25, -0.2) is 0 Å². The monoisotopic (exact) mass is 352 g/mol. The van der Waals surface area contributed by atoms with Crippen molar-refractivity contribution in [3.05, 3.63) is 24.3 Å². The first-order valence-corrected chi connectivity index (χ1v) is 9.64. The largest absolute Gasteiger partial charge is 0.481 e. The number of carbonyl (C=O) groups is 1. The zero-order valence-electron chi connectivity index (χ0n) is 15.2. The fraction of sp³-hybridized carbons (Fsp3) is 0.750. The van der Waals surface area contributed by atoms with Crippen LogP contribution in [0.1, 0.15) is 64.7 Å². The van der Waals surface area contributed by atoms with Crippen LogP contribution >= 0.6 is 0 Å². The molecule has 0 aromatic rings. The number of fused-ring (bicyclic) bond motifs is 2. The van der Waals surface area contributed by atoms with Gasteiger partial charge in [0.2, 0.25) is 0 Å². The summed E-state index contributed by atoms with van der Waals surface area (Å²) < 4.78 is 11.6. The number of aliphatic hydroxyl groups is 1. The van der Waals surface area contributed by atoms with Crippen molar-refractivity contribution in [2.45, 2.75) is 89.3 Å². The molecule has 142 valence electrons. The van der Waals surface area contributed by atoms with Gasteiger partial charge in [0.1, 0.15) is 0 Å². The minimum Gasteiger partial charge on any atom is -0.481 e. The van der Waals surface area contributed by atoms with Crippen molar-refractivity contribution < 1.29 is 24.5 Å². The summed E-state index contributed by atoms with van der Waals surface area (Å²) >= 11 is 0. The molecule has 0 aliphatic carbocycles. The van der Waals surface area contributed by atoms with Gasteiger partial charge in [-0.3, -0.25) is 4.79 Å². The molecule has 3 heterocycles. The number of aliphatic carboxylic acids is 1. The summed E-state index contributed by atoms with van der Waals surface area (Å²) in [5, 5.41) is 18.7. The topological polar surface area (TPSA) is 76.0 Å². The molecule has 3 aliphatic heterocycles. The second-order valence-electron chi connectivity index (χ2n) is 7.05. The summed E-state index contributed by atoms with van der Waals surface area (Å²) in [4.78, 5) is 10.5. The van der Waals surface area contributed by atoms with Crippen LogP contribution in [0.2, 0.25) is 0 Å². The molecular formula is C20H32O5. The molecule has 0 spiro atoms. The van der Waals surface area contributed by atoms with E-state index in [1.807, 2.05) is 18.2 Å². The van der Waals surface area contributed by atoms with Gasteiger partial charge in [0, 0.05) is 18.8 Å². The van der Waals surface area contributed by atoms with Gasteiger partial charge in [0.15, 0.2) is 6.29 Å². The predicted molar refractivity (Wildman–Crippen MR) is 96.2 cm³/mol. The lowest BCUT2D eigenvalue weighted by atomic mass is 9.84. The molecule has 3 rings (SSSR count). The van der Waals surface area contributed by atoms with Gasteiger partial charge in [-0.2, -0.15) is 0 Å². The highest BCUT2D eigenvalue weighted by molar-refractivity contribution is 5.66. The Kier molecular flexibility index (Phi) is 8.65. The van der Waals surface area contributed by atoms with Crippen LogP contribution in [0.5, 0.6) is 0 Å². The van der Waals surface area contributed by atoms with Crippen LogP contribution in [0.3, 0.4) is 0 Å². The molecule has 0 saturated carbocycles. The summed E-state index contributed by atoms with van der Waals surface area (Å²) in [7, 11) is 0. The first-order chi connectivity index (χ1) is 12.1. The van der Waals surface area contributed by atoms with Crippen molar-refractivity contribution in [1.29, 1.82) is 0 Å². The lowest BCUT2D eigenvalue weighted by molar-refractivity contribution is -0.337. The Bertz CT molecular complexity index is 453. The van der Waals surface area contributed by atoms with Crippen LogP contribution in [0.25, 0.3) is 0 Å². The number of aliphatic hydroxyl groups excluding tert-OH is 1. The Morgan fingerprint density at radius 3 is 2.76 bits per heavy atom. The van der Waals surface area contributed by atoms with E-state index in [0.717, 1.165) is 44.9 Å². The summed E-state index contributed by atoms with van der Waals surface area (Å²) in [6.07, 6.45) is 15.4. The maximum Gasteiger partial charge on any atom is 0.303 e. The molecule has 2 N–H and O–H groups in total. The Labute approximate surface area is 150 Å². The molecule has 0 unspecified atom stereocenters. The fourth-order valence-electron chi connectivity index (χ4n) is 3.38. The Hall–Kier alpha value is -1.17. The van der Waals surface area contributed by atoms with Gasteiger partial charge >= 0.3 is 5.97 Å². The highest BCUT2D eigenvalue weighted by Gasteiger charge is 2.46. The van der Waals surface area contributed by atoms with Crippen molar-refractivity contribution in [2.24, 2.45) is 5.92 Å². The molecule has 5 heteroatoms. The van der Waals surface area contributed by atoms with E-state index in [2.05, 4.69) is 13.0 Å². The van der Waals surface area contributed by atoms with Gasteiger partial charge in [-0.05, 0) is 25.7 Å². The van der Waals surface area contributed by atoms with Gasteiger partial charge in [-0.15, -0.1) is 0 Å². The van der Waals surface area contributed by atoms with E-state index in [4.69, 9.17) is 14.6 Å². The average Bonchev–Trinajstić information content (AvgIpc) is 2.55. The van der Waals surface area contributed by atoms with E-state index in [9.17, 15) is 9.90 Å². The third kappa shape index (κ3) is 6.92. The van der Waals surface area contributed by atoms with E-state index < -0.39 is 12.1 Å². The second kappa shape index (κ2) is 10.7. The average molecular weight is 352 g/mol. The van der Waals surface area contributed by atoms with E-state index in [1.54, 1.807) is 0 Å². The smallest absolute Gasteiger partial charge is 0.303 e. The zero-order chi connectivity index (χ0) is 18.1. The molecule has 0 radical (unpaired) electrons. The molecule has 0 amide bonds. The van der Waals surface area contributed by atoms with E-state index >= 15 is 0 Å². The van der Waals surface area contributed by atoms with Crippen LogP contribution in [-0.2, 0) is 14.3 Å². The van der Waals surface area contributed by atoms with Gasteiger partial charge in [0.05, 0.1) is 18.3 Å². The van der Waals surface area contributed by atoms with Crippen LogP contribution in [-0.4, -0.2) is 40.8 Å². The standard InChI is InChI=1S/C20H32O5/c1-2-3-6-9-15(21)12-13-17-16(18-14-20(24-17)25-18)10-7-4-5-8-11-19(22)23/h4,7,12-13,15-18,20-21H,2-3,5-6,8-11,14H2,1H3,(H,22,23)/b7-4-,13-12+/t15-,16+,17+,18+,20+/m0/s1. The number of rotatable bonds is 12. The van der Waals surface area contributed by atoms with Crippen molar-refractivity contribution in [3.8, 4) is 0 Å². The zero-order valence-corrected chi connectivity index (χ0v) is 15.2. The molecule has 3 aliphatic rings. The van der Waals surface area contributed by atoms with Gasteiger partial charge in [-0.1, -0.05) is 50.5 Å². The van der Waals surface area contributed by atoms with E-state index in [1.165, 1.54) is 0 Å². The lowest BCUT2D eigenvalue weighted by Crippen LogP contribution is -2.55. The van der Waals surface area contributed by atoms with Crippen LogP contribution in [0.4, 0.5) is 0 Å². The number of carboxylic acid groups (broad SMARTS) is 1. The number of unbranched alkanes of at least 4 members (excludes halogenated alkanes) is 3. The van der Waals surface area contributed by atoms with Gasteiger partial charge in [0.25, 0.3) is 0 Å². The lowest BCUT2D eigenvalue weighted by Gasteiger charge is -2.49. The maximum absolute atomic E-state index is 10.5. The number of hydrogen-bond donors (Lipinski definition) is 2. The Morgan fingerprint density at radius 2 is 2.04 bits per heavy atom. The van der Waals surface area contributed by atoms with Crippen LogP contribution < -0.4 is 0 Å². The molecule has 25 heavy (non-hydrogen) atoms. The molecule has 0 aromatic carbocycles. The fourth-order valence-corrected chi connectivity index (χ4v) is 3.38. The number of carboxylic acids is 1. The number of allylic oxidation sites excluding steroid dienone is 2. The molecule has 3 fully saturated rings. The van der Waals surface area contributed by atoms with Crippen molar-refractivity contribution in [1.82, 2.24) is 0 Å². The second-order valence-corrected chi connectivity index (χ2v) is 7.05. The first-order valence-electron chi connectivity index (χ1n) is 9.64. The third-order valence-electron chi connectivity index (χ3n) is 4.92. The summed E-state index contributed by atoms with van der Waals surface area (Å²) in [5.74, 6) is -0.481. The Balaban J connectivity index is 1.76. The SMILES string of the molecule is CCCCC[C@H](O)/C=C/[C@H]1O[C@H]2C[C@@H](O2)[C@@H]1C/C=C\CCCC(=O)O. The number of ether oxygens (including phenoxy) is 2. The quantitative estimate of drug-likeness (QED) is 0.412. The third-order valence-corrected chi connectivity index (χ3v) is 4.92. The minimum absolute atomic E-state index is 0.0120. The molecule has 0 aromatic heterocycles. The minimum atomic E-state index is -0.745. The summed E-state index contributed by atoms with van der Waals surface area (Å²) in [5.41, 5.74) is 0. The molecule has 2 bridgehead atoms. The van der Waals surface area contributed by atoms with E-state index in [0.29, 0.717) is 6.42 Å². The van der Waals surface area contributed by atoms with Crippen molar-refractivity contribution >= 4 is 5.97 Å². The van der Waals surface area contributed by atoms with Crippen LogP contribution in [0.15, 0.2) is 24.3 Å². The predicted octanol–water partition coefficient (Wildman–Crippen LogP) is 3.82. The summed E-state index contributed by atoms with van der Waals surface area (Å²) in [6, 6.07) is 0. The van der Waals surface area contributed by atoms with E-state index in [-0.39, 0.29) is 30.8 Å². The summed E-state index contributed by atoms with van der Waals surface area (Å²) in [6.45, 7) is 2.16. The highest BCUT2D eigenvalue weighted by atomic mass is 16.7. The highest BCUT2D eigenvalue weighted by Crippen LogP contribution is 2.40. The van der Waals surface area contributed by atoms with Crippen molar-refractivity contribution in [2.75, 3.05) is 0 Å². The van der Waals surface area contributed by atoms with Crippen molar-refractivity contribution in [3.63, 3.8) is 0 Å². The molecular weight excluding hydrogens is 320 g/mol. The normalized spacial score (nSPS) is 29.8. The first kappa shape index (κ1) is 20.1. The molecule has 5 atom stereocenters. The maximum atomic E-state index is 10.5. The van der Waals surface area contributed by atoms with Gasteiger partial charge < -0.3 is 19.7 Å². The Morgan fingerprint density at radius 1 is 1.24 bits per heavy atom.